The summed E-state index contributed by atoms with van der Waals surface area (Å²) in [6.07, 6.45) is 0. The van der Waals surface area contributed by atoms with Crippen LogP contribution in [-0.4, -0.2) is 4.92 Å². The number of alkyl halides is 1. The maximum absolute atomic E-state index is 13.4. The number of hydrogen-bond donors (Lipinski definition) is 0. The molecule has 0 spiro atoms. The lowest BCUT2D eigenvalue weighted by Gasteiger charge is -2.09. The molecule has 2 aromatic rings. The van der Waals surface area contributed by atoms with Crippen molar-refractivity contribution in [1.29, 1.82) is 0 Å². The zero-order valence-corrected chi connectivity index (χ0v) is 13.0. The molecule has 0 aromatic heterocycles. The molecule has 0 aliphatic heterocycles. The van der Waals surface area contributed by atoms with Crippen LogP contribution >= 0.6 is 27.5 Å². The molecule has 2 rings (SSSR count). The van der Waals surface area contributed by atoms with E-state index in [9.17, 15) is 14.5 Å². The minimum atomic E-state index is -0.534. The Morgan fingerprint density at radius 3 is 2.76 bits per heavy atom. The second kappa shape index (κ2) is 6.87. The van der Waals surface area contributed by atoms with E-state index in [0.717, 1.165) is 0 Å². The van der Waals surface area contributed by atoms with Gasteiger partial charge < -0.3 is 4.74 Å². The number of benzene rings is 2. The fourth-order valence-electron chi connectivity index (χ4n) is 1.72. The molecule has 0 saturated heterocycles. The van der Waals surface area contributed by atoms with Crippen molar-refractivity contribution < 1.29 is 14.1 Å². The smallest absolute Gasteiger partial charge is 0.310 e. The first-order valence-corrected chi connectivity index (χ1v) is 7.24. The monoisotopic (exact) mass is 373 g/mol. The summed E-state index contributed by atoms with van der Waals surface area (Å²) in [7, 11) is 0. The Kier molecular flexibility index (Phi) is 5.14. The van der Waals surface area contributed by atoms with E-state index in [1.54, 1.807) is 18.2 Å². The Balaban J connectivity index is 2.26. The first-order chi connectivity index (χ1) is 10.0. The van der Waals surface area contributed by atoms with E-state index >= 15 is 0 Å². The van der Waals surface area contributed by atoms with Crippen LogP contribution in [0.25, 0.3) is 0 Å². The highest BCUT2D eigenvalue weighted by Gasteiger charge is 2.16. The Bertz CT molecular complexity index is 681. The predicted molar refractivity (Wildman–Crippen MR) is 81.1 cm³/mol. The molecule has 0 aliphatic rings. The van der Waals surface area contributed by atoms with E-state index in [0.29, 0.717) is 11.1 Å². The van der Waals surface area contributed by atoms with Gasteiger partial charge in [0.15, 0.2) is 5.75 Å². The summed E-state index contributed by atoms with van der Waals surface area (Å²) in [6.45, 7) is 0.00488. The minimum absolute atomic E-state index is 0.00488. The van der Waals surface area contributed by atoms with Gasteiger partial charge in [0.2, 0.25) is 0 Å². The summed E-state index contributed by atoms with van der Waals surface area (Å²) in [5, 5.41) is 11.0. The van der Waals surface area contributed by atoms with E-state index in [-0.39, 0.29) is 28.4 Å². The molecule has 110 valence electrons. The average molecular weight is 375 g/mol. The standard InChI is InChI=1S/C14H10BrClFNO3/c15-14-10(2-1-3-11(14)17)8-21-13-6-9(7-16)4-5-12(13)18(19)20/h1-6H,7-8H2. The van der Waals surface area contributed by atoms with Gasteiger partial charge in [-0.1, -0.05) is 18.2 Å². The van der Waals surface area contributed by atoms with Crippen LogP contribution in [0.15, 0.2) is 40.9 Å². The topological polar surface area (TPSA) is 52.4 Å². The van der Waals surface area contributed by atoms with Crippen LogP contribution in [0, 0.1) is 15.9 Å². The van der Waals surface area contributed by atoms with Crippen LogP contribution < -0.4 is 4.74 Å². The highest BCUT2D eigenvalue weighted by Crippen LogP contribution is 2.30. The maximum Gasteiger partial charge on any atom is 0.310 e. The highest BCUT2D eigenvalue weighted by molar-refractivity contribution is 9.10. The van der Waals surface area contributed by atoms with Crippen molar-refractivity contribution in [3.8, 4) is 5.75 Å². The van der Waals surface area contributed by atoms with E-state index in [1.165, 1.54) is 18.2 Å². The van der Waals surface area contributed by atoms with Gasteiger partial charge in [-0.3, -0.25) is 10.1 Å². The van der Waals surface area contributed by atoms with Crippen LogP contribution in [0.2, 0.25) is 0 Å². The summed E-state index contributed by atoms with van der Waals surface area (Å²) in [5.41, 5.74) is 1.10. The first kappa shape index (κ1) is 15.7. The third-order valence-electron chi connectivity index (χ3n) is 2.79. The molecule has 0 fully saturated rings. The summed E-state index contributed by atoms with van der Waals surface area (Å²) in [6, 6.07) is 8.94. The van der Waals surface area contributed by atoms with E-state index in [1.807, 2.05) is 0 Å². The van der Waals surface area contributed by atoms with Crippen molar-refractivity contribution in [1.82, 2.24) is 0 Å². The number of nitro groups is 1. The number of nitrogens with zero attached hydrogens (tertiary/aromatic N) is 1. The Hall–Kier alpha value is -1.66. The number of rotatable bonds is 5. The number of halogens is 3. The molecule has 0 saturated carbocycles. The first-order valence-electron chi connectivity index (χ1n) is 5.92. The SMILES string of the molecule is O=[N+]([O-])c1ccc(CCl)cc1OCc1cccc(F)c1Br. The van der Waals surface area contributed by atoms with Gasteiger partial charge in [0.05, 0.1) is 9.40 Å². The van der Waals surface area contributed by atoms with Crippen LogP contribution in [0.1, 0.15) is 11.1 Å². The van der Waals surface area contributed by atoms with Crippen LogP contribution in [0.5, 0.6) is 5.75 Å². The highest BCUT2D eigenvalue weighted by atomic mass is 79.9. The molecule has 4 nitrogen and oxygen atoms in total. The Labute approximate surface area is 133 Å². The molecular formula is C14H10BrClFNO3. The summed E-state index contributed by atoms with van der Waals surface area (Å²) < 4.78 is 19.1. The fourth-order valence-corrected chi connectivity index (χ4v) is 2.27. The summed E-state index contributed by atoms with van der Waals surface area (Å²) in [5.74, 6) is -0.0905. The van der Waals surface area contributed by atoms with Gasteiger partial charge in [0, 0.05) is 17.5 Å². The summed E-state index contributed by atoms with van der Waals surface area (Å²) in [4.78, 5) is 10.4. The molecule has 0 aliphatic carbocycles. The van der Waals surface area contributed by atoms with Crippen molar-refractivity contribution in [3.63, 3.8) is 0 Å². The molecule has 21 heavy (non-hydrogen) atoms. The van der Waals surface area contributed by atoms with Gasteiger partial charge in [0.25, 0.3) is 0 Å². The number of ether oxygens (including phenoxy) is 1. The minimum Gasteiger partial charge on any atom is -0.482 e. The van der Waals surface area contributed by atoms with Gasteiger partial charge in [-0.2, -0.15) is 0 Å². The molecule has 2 aromatic carbocycles. The Morgan fingerprint density at radius 1 is 1.33 bits per heavy atom. The van der Waals surface area contributed by atoms with Crippen molar-refractivity contribution in [2.75, 3.05) is 0 Å². The van der Waals surface area contributed by atoms with Crippen LogP contribution in [0.4, 0.5) is 10.1 Å². The third kappa shape index (κ3) is 3.71. The lowest BCUT2D eigenvalue weighted by Crippen LogP contribution is -2.01. The van der Waals surface area contributed by atoms with Crippen molar-refractivity contribution in [3.05, 3.63) is 67.9 Å². The zero-order chi connectivity index (χ0) is 15.4. The van der Waals surface area contributed by atoms with Gasteiger partial charge in [-0.25, -0.2) is 4.39 Å². The Morgan fingerprint density at radius 2 is 2.10 bits per heavy atom. The molecular weight excluding hydrogens is 365 g/mol. The largest absolute Gasteiger partial charge is 0.482 e. The van der Waals surface area contributed by atoms with Crippen LogP contribution in [0.3, 0.4) is 0 Å². The van der Waals surface area contributed by atoms with Crippen molar-refractivity contribution in [2.24, 2.45) is 0 Å². The predicted octanol–water partition coefficient (Wildman–Crippen LogP) is 4.81. The lowest BCUT2D eigenvalue weighted by molar-refractivity contribution is -0.386. The second-order valence-corrected chi connectivity index (χ2v) is 5.25. The van der Waals surface area contributed by atoms with Gasteiger partial charge in [-0.05, 0) is 33.6 Å². The molecule has 0 unspecified atom stereocenters. The maximum atomic E-state index is 13.4. The molecule has 0 amide bonds. The molecule has 7 heteroatoms. The normalized spacial score (nSPS) is 10.4. The molecule has 0 N–H and O–H groups in total. The zero-order valence-electron chi connectivity index (χ0n) is 10.7. The van der Waals surface area contributed by atoms with E-state index < -0.39 is 10.7 Å². The molecule has 0 radical (unpaired) electrons. The quantitative estimate of drug-likeness (QED) is 0.428. The fraction of sp³-hybridized carbons (Fsp3) is 0.143. The van der Waals surface area contributed by atoms with Gasteiger partial charge in [0.1, 0.15) is 12.4 Å². The molecule has 0 atom stereocenters. The second-order valence-electron chi connectivity index (χ2n) is 4.19. The number of hydrogen-bond acceptors (Lipinski definition) is 3. The van der Waals surface area contributed by atoms with E-state index in [4.69, 9.17) is 16.3 Å². The van der Waals surface area contributed by atoms with E-state index in [2.05, 4.69) is 15.9 Å². The lowest BCUT2D eigenvalue weighted by atomic mass is 10.2. The van der Waals surface area contributed by atoms with Crippen molar-refractivity contribution >= 4 is 33.2 Å². The molecule has 0 heterocycles. The van der Waals surface area contributed by atoms with Crippen molar-refractivity contribution in [2.45, 2.75) is 12.5 Å². The van der Waals surface area contributed by atoms with Crippen LogP contribution in [-0.2, 0) is 12.5 Å². The van der Waals surface area contributed by atoms with Gasteiger partial charge in [-0.15, -0.1) is 11.6 Å². The van der Waals surface area contributed by atoms with Gasteiger partial charge >= 0.3 is 5.69 Å². The molecule has 0 bridgehead atoms. The number of nitro benzene ring substituents is 1. The average Bonchev–Trinajstić information content (AvgIpc) is 2.48. The summed E-state index contributed by atoms with van der Waals surface area (Å²) >= 11 is 8.83. The third-order valence-corrected chi connectivity index (χ3v) is 3.99.